The van der Waals surface area contributed by atoms with Gasteiger partial charge in [-0.3, -0.25) is 9.20 Å². The molecular weight excluding hydrogens is 505 g/mol. The summed E-state index contributed by atoms with van der Waals surface area (Å²) in [6.07, 6.45) is 4.13. The highest BCUT2D eigenvalue weighted by molar-refractivity contribution is 14.0. The van der Waals surface area contributed by atoms with Gasteiger partial charge in [-0.15, -0.1) is 24.0 Å². The van der Waals surface area contributed by atoms with Crippen molar-refractivity contribution in [3.05, 3.63) is 17.7 Å². The Labute approximate surface area is 193 Å². The Morgan fingerprint density at radius 2 is 1.79 bits per heavy atom. The van der Waals surface area contributed by atoms with Crippen LogP contribution in [0, 0.1) is 0 Å². The Hall–Kier alpha value is -1.23. The second kappa shape index (κ2) is 13.1. The number of nitrogens with zero attached hydrogens (tertiary/aromatic N) is 1. The molecule has 0 heterocycles. The normalized spacial score (nSPS) is 20.2. The second-order valence-corrected chi connectivity index (χ2v) is 8.75. The van der Waals surface area contributed by atoms with Crippen molar-refractivity contribution in [2.45, 2.75) is 50.4 Å². The molecule has 29 heavy (non-hydrogen) atoms. The Bertz CT molecular complexity index is 703. The van der Waals surface area contributed by atoms with Crippen LogP contribution in [0.3, 0.4) is 0 Å². The van der Waals surface area contributed by atoms with E-state index < -0.39 is 10.8 Å². The van der Waals surface area contributed by atoms with Crippen LogP contribution in [-0.4, -0.2) is 55.6 Å². The zero-order chi connectivity index (χ0) is 20.5. The van der Waals surface area contributed by atoms with Gasteiger partial charge >= 0.3 is 0 Å². The van der Waals surface area contributed by atoms with E-state index in [4.69, 9.17) is 14.2 Å². The number of aliphatic imine (C=N–C) groups is 1. The van der Waals surface area contributed by atoms with E-state index in [1.54, 1.807) is 28.4 Å². The predicted octanol–water partition coefficient (Wildman–Crippen LogP) is 3.08. The summed E-state index contributed by atoms with van der Waals surface area (Å²) in [7, 11) is 5.86. The van der Waals surface area contributed by atoms with Crippen LogP contribution in [0.1, 0.15) is 38.2 Å². The molecular formula is C20H34IN3O4S. The number of halogens is 1. The number of methoxy groups -OCH3 is 3. The summed E-state index contributed by atoms with van der Waals surface area (Å²) >= 11 is 0. The molecule has 1 aromatic rings. The van der Waals surface area contributed by atoms with Gasteiger partial charge in [0.1, 0.15) is 5.75 Å². The molecule has 2 N–H and O–H groups in total. The van der Waals surface area contributed by atoms with Crippen molar-refractivity contribution < 1.29 is 18.4 Å². The molecule has 1 aliphatic rings. The first kappa shape index (κ1) is 25.8. The molecule has 0 spiro atoms. The van der Waals surface area contributed by atoms with Crippen LogP contribution >= 0.6 is 24.0 Å². The Morgan fingerprint density at radius 3 is 2.38 bits per heavy atom. The summed E-state index contributed by atoms with van der Waals surface area (Å²) in [6.45, 7) is 2.52. The fraction of sp³-hybridized carbons (Fsp3) is 0.650. The maximum Gasteiger partial charge on any atom is 0.191 e. The molecule has 0 amide bonds. The van der Waals surface area contributed by atoms with E-state index in [2.05, 4.69) is 15.6 Å². The third kappa shape index (κ3) is 7.20. The second-order valence-electron chi connectivity index (χ2n) is 6.74. The number of hydrogen-bond acceptors (Lipinski definition) is 5. The quantitative estimate of drug-likeness (QED) is 0.300. The average Bonchev–Trinajstić information content (AvgIpc) is 2.75. The lowest BCUT2D eigenvalue weighted by Crippen LogP contribution is -2.46. The highest BCUT2D eigenvalue weighted by Gasteiger charge is 2.26. The van der Waals surface area contributed by atoms with Gasteiger partial charge in [-0.2, -0.15) is 0 Å². The topological polar surface area (TPSA) is 81.2 Å². The van der Waals surface area contributed by atoms with Crippen molar-refractivity contribution in [2.75, 3.05) is 34.1 Å². The molecule has 1 aromatic carbocycles. The first-order chi connectivity index (χ1) is 13.6. The molecule has 3 atom stereocenters. The molecule has 166 valence electrons. The summed E-state index contributed by atoms with van der Waals surface area (Å²) < 4.78 is 28.4. The number of ether oxygens (including phenoxy) is 3. The molecule has 0 saturated heterocycles. The van der Waals surface area contributed by atoms with Gasteiger partial charge in [-0.25, -0.2) is 0 Å². The lowest BCUT2D eigenvalue weighted by atomic mass is 9.95. The lowest BCUT2D eigenvalue weighted by Gasteiger charge is -2.30. The van der Waals surface area contributed by atoms with Crippen LogP contribution in [0.4, 0.5) is 0 Å². The summed E-state index contributed by atoms with van der Waals surface area (Å²) in [5.41, 5.74) is 0.941. The number of guanidine groups is 1. The molecule has 7 nitrogen and oxygen atoms in total. The molecule has 1 saturated carbocycles. The van der Waals surface area contributed by atoms with E-state index in [-0.39, 0.29) is 35.3 Å². The molecule has 3 unspecified atom stereocenters. The maximum absolute atomic E-state index is 12.2. The SMILES string of the molecule is CCS(=O)C1CCCC(NC(=NC)NCc2cc(OC)c(OC)cc2OC)C1.I. The molecule has 1 fully saturated rings. The Kier molecular flexibility index (Phi) is 11.7. The molecule has 9 heteroatoms. The molecule has 0 aromatic heterocycles. The summed E-state index contributed by atoms with van der Waals surface area (Å²) in [5.74, 6) is 3.45. The first-order valence-corrected chi connectivity index (χ1v) is 11.1. The van der Waals surface area contributed by atoms with Gasteiger partial charge in [0.25, 0.3) is 0 Å². The van der Waals surface area contributed by atoms with E-state index in [9.17, 15) is 4.21 Å². The fourth-order valence-corrected chi connectivity index (χ4v) is 4.90. The number of benzene rings is 1. The van der Waals surface area contributed by atoms with Gasteiger partial charge in [0.2, 0.25) is 0 Å². The minimum atomic E-state index is -0.738. The van der Waals surface area contributed by atoms with E-state index >= 15 is 0 Å². The monoisotopic (exact) mass is 539 g/mol. The lowest BCUT2D eigenvalue weighted by molar-refractivity contribution is 0.347. The highest BCUT2D eigenvalue weighted by atomic mass is 127. The third-order valence-corrected chi connectivity index (χ3v) is 6.82. The van der Waals surface area contributed by atoms with E-state index in [1.165, 1.54) is 0 Å². The standard InChI is InChI=1S/C20H33N3O4S.HI/c1-6-28(24)16-9-7-8-15(11-16)23-20(21-2)22-13-14-10-18(26-4)19(27-5)12-17(14)25-3;/h10,12,15-16H,6-9,11,13H2,1-5H3,(H2,21,22,23);1H. The van der Waals surface area contributed by atoms with Crippen LogP contribution in [0.25, 0.3) is 0 Å². The maximum atomic E-state index is 12.2. The van der Waals surface area contributed by atoms with Gasteiger partial charge in [0, 0.05) is 53.1 Å². The van der Waals surface area contributed by atoms with Crippen molar-refractivity contribution in [1.82, 2.24) is 10.6 Å². The van der Waals surface area contributed by atoms with Gasteiger partial charge < -0.3 is 24.8 Å². The third-order valence-electron chi connectivity index (χ3n) is 5.08. The minimum absolute atomic E-state index is 0. The van der Waals surface area contributed by atoms with Crippen molar-refractivity contribution in [3.63, 3.8) is 0 Å². The highest BCUT2D eigenvalue weighted by Crippen LogP contribution is 2.34. The van der Waals surface area contributed by atoms with Crippen LogP contribution < -0.4 is 24.8 Å². The van der Waals surface area contributed by atoms with Gasteiger partial charge in [-0.1, -0.05) is 13.3 Å². The summed E-state index contributed by atoms with van der Waals surface area (Å²) in [5, 5.41) is 7.10. The zero-order valence-corrected chi connectivity index (χ0v) is 21.1. The summed E-state index contributed by atoms with van der Waals surface area (Å²) in [6, 6.07) is 4.00. The van der Waals surface area contributed by atoms with E-state index in [1.807, 2.05) is 19.1 Å². The average molecular weight is 539 g/mol. The van der Waals surface area contributed by atoms with Crippen molar-refractivity contribution in [2.24, 2.45) is 4.99 Å². The Morgan fingerprint density at radius 1 is 1.14 bits per heavy atom. The summed E-state index contributed by atoms with van der Waals surface area (Å²) in [4.78, 5) is 4.34. The van der Waals surface area contributed by atoms with E-state index in [0.717, 1.165) is 48.7 Å². The molecule has 1 aliphatic carbocycles. The predicted molar refractivity (Wildman–Crippen MR) is 130 cm³/mol. The van der Waals surface area contributed by atoms with Gasteiger partial charge in [0.15, 0.2) is 17.5 Å². The van der Waals surface area contributed by atoms with Gasteiger partial charge in [0.05, 0.1) is 21.3 Å². The van der Waals surface area contributed by atoms with Gasteiger partial charge in [-0.05, 0) is 25.3 Å². The minimum Gasteiger partial charge on any atom is -0.496 e. The van der Waals surface area contributed by atoms with E-state index in [0.29, 0.717) is 18.0 Å². The zero-order valence-electron chi connectivity index (χ0n) is 17.9. The van der Waals surface area contributed by atoms with Crippen molar-refractivity contribution in [1.29, 1.82) is 0 Å². The molecule has 0 radical (unpaired) electrons. The van der Waals surface area contributed by atoms with Crippen LogP contribution in [0.5, 0.6) is 17.2 Å². The van der Waals surface area contributed by atoms with Crippen LogP contribution in [-0.2, 0) is 17.3 Å². The molecule has 0 bridgehead atoms. The smallest absolute Gasteiger partial charge is 0.191 e. The van der Waals surface area contributed by atoms with Crippen LogP contribution in [0.2, 0.25) is 0 Å². The van der Waals surface area contributed by atoms with Crippen molar-refractivity contribution >= 4 is 40.7 Å². The fourth-order valence-electron chi connectivity index (χ4n) is 3.55. The molecule has 0 aliphatic heterocycles. The number of hydrogen-bond donors (Lipinski definition) is 2. The van der Waals surface area contributed by atoms with Crippen LogP contribution in [0.15, 0.2) is 17.1 Å². The Balaban J connectivity index is 0.00000420. The first-order valence-electron chi connectivity index (χ1n) is 9.69. The molecule has 2 rings (SSSR count). The number of nitrogens with one attached hydrogen (secondary N) is 2. The number of rotatable bonds is 8. The van der Waals surface area contributed by atoms with Crippen molar-refractivity contribution in [3.8, 4) is 17.2 Å². The largest absolute Gasteiger partial charge is 0.496 e.